The maximum absolute atomic E-state index is 11.3. The summed E-state index contributed by atoms with van der Waals surface area (Å²) in [5.74, 6) is 0.925. The van der Waals surface area contributed by atoms with Gasteiger partial charge >= 0.3 is 0 Å². The summed E-state index contributed by atoms with van der Waals surface area (Å²) in [6, 6.07) is 5.22. The number of carbonyl (C=O) groups excluding carboxylic acids is 1. The van der Waals surface area contributed by atoms with Crippen LogP contribution in [0.2, 0.25) is 0 Å². The summed E-state index contributed by atoms with van der Waals surface area (Å²) in [5, 5.41) is 3.28. The molecule has 0 aromatic heterocycles. The van der Waals surface area contributed by atoms with Crippen LogP contribution in [0.1, 0.15) is 23.2 Å². The number of hydrogen-bond acceptors (Lipinski definition) is 4. The van der Waals surface area contributed by atoms with E-state index >= 15 is 0 Å². The van der Waals surface area contributed by atoms with E-state index in [1.807, 2.05) is 0 Å². The lowest BCUT2D eigenvalue weighted by molar-refractivity contribution is 0.100. The Morgan fingerprint density at radius 1 is 1.33 bits per heavy atom. The normalized spacial score (nSPS) is 23.6. The van der Waals surface area contributed by atoms with Crippen LogP contribution in [0.4, 0.5) is 11.4 Å². The molecule has 1 aromatic rings. The van der Waals surface area contributed by atoms with Crippen molar-refractivity contribution in [2.24, 2.45) is 5.73 Å². The van der Waals surface area contributed by atoms with Crippen LogP contribution in [-0.2, 0) is 10.8 Å². The Labute approximate surface area is 108 Å². The molecule has 0 unspecified atom stereocenters. The lowest BCUT2D eigenvalue weighted by Crippen LogP contribution is -2.30. The Balaban J connectivity index is 2.15. The van der Waals surface area contributed by atoms with E-state index in [0.717, 1.165) is 12.8 Å². The molecule has 1 aliphatic rings. The van der Waals surface area contributed by atoms with E-state index in [9.17, 15) is 9.00 Å². The third-order valence-electron chi connectivity index (χ3n) is 3.06. The van der Waals surface area contributed by atoms with Gasteiger partial charge in [0.05, 0.1) is 5.56 Å². The largest absolute Gasteiger partial charge is 0.399 e. The summed E-state index contributed by atoms with van der Waals surface area (Å²) >= 11 is 0. The van der Waals surface area contributed by atoms with E-state index in [1.54, 1.807) is 18.2 Å². The first-order chi connectivity index (χ1) is 8.56. The Kier molecular flexibility index (Phi) is 3.86. The van der Waals surface area contributed by atoms with Gasteiger partial charge in [0.2, 0.25) is 0 Å². The van der Waals surface area contributed by atoms with Gasteiger partial charge in [-0.1, -0.05) is 0 Å². The fraction of sp³-hybridized carbons (Fsp3) is 0.417. The predicted octanol–water partition coefficient (Wildman–Crippen LogP) is 0.691. The molecule has 2 rings (SSSR count). The van der Waals surface area contributed by atoms with Crippen LogP contribution in [-0.4, -0.2) is 27.7 Å². The lowest BCUT2D eigenvalue weighted by atomic mass is 10.1. The van der Waals surface area contributed by atoms with Crippen molar-refractivity contribution in [3.8, 4) is 0 Å². The summed E-state index contributed by atoms with van der Waals surface area (Å²) < 4.78 is 11.3. The standard InChI is InChI=1S/C12H17N3O2S/c13-8-1-2-10(12(14)16)11(7-8)15-9-3-5-18(17)6-4-9/h1-2,7,9,15H,3-6,13H2,(H2,14,16). The SMILES string of the molecule is NC(=O)c1ccc(N)cc1NC1CCS(=O)CC1. The minimum absolute atomic E-state index is 0.225. The number of benzene rings is 1. The van der Waals surface area contributed by atoms with E-state index in [2.05, 4.69) is 5.32 Å². The second kappa shape index (κ2) is 5.39. The molecule has 6 heteroatoms. The first-order valence-electron chi connectivity index (χ1n) is 5.87. The van der Waals surface area contributed by atoms with Gasteiger partial charge in [-0.05, 0) is 31.0 Å². The van der Waals surface area contributed by atoms with E-state index in [4.69, 9.17) is 11.5 Å². The number of nitrogen functional groups attached to an aromatic ring is 1. The smallest absolute Gasteiger partial charge is 0.250 e. The molecule has 0 spiro atoms. The van der Waals surface area contributed by atoms with Crippen molar-refractivity contribution in [1.29, 1.82) is 0 Å². The second-order valence-electron chi connectivity index (χ2n) is 4.44. The highest BCUT2D eigenvalue weighted by Gasteiger charge is 2.19. The molecule has 5 N–H and O–H groups in total. The number of anilines is 2. The molecule has 1 amide bonds. The van der Waals surface area contributed by atoms with Crippen LogP contribution >= 0.6 is 0 Å². The molecule has 0 atom stereocenters. The van der Waals surface area contributed by atoms with Gasteiger partial charge in [0, 0.05) is 39.7 Å². The minimum atomic E-state index is -0.694. The number of amides is 1. The topological polar surface area (TPSA) is 98.2 Å². The van der Waals surface area contributed by atoms with Crippen molar-refractivity contribution in [3.05, 3.63) is 23.8 Å². The highest BCUT2D eigenvalue weighted by atomic mass is 32.2. The molecule has 0 radical (unpaired) electrons. The molecule has 1 aromatic carbocycles. The zero-order valence-corrected chi connectivity index (χ0v) is 10.8. The van der Waals surface area contributed by atoms with Crippen molar-refractivity contribution in [3.63, 3.8) is 0 Å². The first-order valence-corrected chi connectivity index (χ1v) is 7.36. The van der Waals surface area contributed by atoms with Gasteiger partial charge in [0.25, 0.3) is 5.91 Å². The van der Waals surface area contributed by atoms with Gasteiger partial charge in [0.15, 0.2) is 0 Å². The Hall–Kier alpha value is -1.56. The van der Waals surface area contributed by atoms with Gasteiger partial charge < -0.3 is 16.8 Å². The zero-order chi connectivity index (χ0) is 13.1. The number of nitrogens with one attached hydrogen (secondary N) is 1. The van der Waals surface area contributed by atoms with Crippen LogP contribution in [0.15, 0.2) is 18.2 Å². The Morgan fingerprint density at radius 3 is 2.61 bits per heavy atom. The van der Waals surface area contributed by atoms with Gasteiger partial charge in [-0.3, -0.25) is 9.00 Å². The monoisotopic (exact) mass is 267 g/mol. The maximum Gasteiger partial charge on any atom is 0.250 e. The molecule has 1 saturated heterocycles. The quantitative estimate of drug-likeness (QED) is 0.702. The van der Waals surface area contributed by atoms with Gasteiger partial charge in [-0.15, -0.1) is 0 Å². The molecule has 5 nitrogen and oxygen atoms in total. The highest BCUT2D eigenvalue weighted by molar-refractivity contribution is 7.85. The first kappa shape index (κ1) is 12.9. The van der Waals surface area contributed by atoms with Crippen molar-refractivity contribution in [1.82, 2.24) is 0 Å². The van der Waals surface area contributed by atoms with Gasteiger partial charge in [-0.25, -0.2) is 0 Å². The summed E-state index contributed by atoms with van der Waals surface area (Å²) in [7, 11) is -0.694. The third kappa shape index (κ3) is 3.01. The second-order valence-corrected chi connectivity index (χ2v) is 6.13. The van der Waals surface area contributed by atoms with Crippen molar-refractivity contribution in [2.45, 2.75) is 18.9 Å². The number of rotatable bonds is 3. The van der Waals surface area contributed by atoms with E-state index < -0.39 is 16.7 Å². The third-order valence-corrected chi connectivity index (χ3v) is 4.44. The molecular weight excluding hydrogens is 250 g/mol. The van der Waals surface area contributed by atoms with E-state index in [0.29, 0.717) is 28.4 Å². The van der Waals surface area contributed by atoms with E-state index in [1.165, 1.54) is 0 Å². The average Bonchev–Trinajstić information content (AvgIpc) is 2.32. The van der Waals surface area contributed by atoms with Gasteiger partial charge in [-0.2, -0.15) is 0 Å². The molecule has 0 saturated carbocycles. The molecule has 1 aliphatic heterocycles. The van der Waals surface area contributed by atoms with Crippen LogP contribution < -0.4 is 16.8 Å². The number of hydrogen-bond donors (Lipinski definition) is 3. The van der Waals surface area contributed by atoms with Crippen LogP contribution in [0.3, 0.4) is 0 Å². The Bertz CT molecular complexity index is 480. The molecule has 0 bridgehead atoms. The predicted molar refractivity (Wildman–Crippen MR) is 73.9 cm³/mol. The average molecular weight is 267 g/mol. The zero-order valence-electron chi connectivity index (χ0n) is 10.0. The van der Waals surface area contributed by atoms with Crippen LogP contribution in [0.25, 0.3) is 0 Å². The van der Waals surface area contributed by atoms with Crippen molar-refractivity contribution < 1.29 is 9.00 Å². The molecule has 98 valence electrons. The van der Waals surface area contributed by atoms with Crippen molar-refractivity contribution in [2.75, 3.05) is 22.6 Å². The molecule has 1 fully saturated rings. The number of nitrogens with two attached hydrogens (primary N) is 2. The molecule has 18 heavy (non-hydrogen) atoms. The number of carbonyl (C=O) groups is 1. The fourth-order valence-corrected chi connectivity index (χ4v) is 3.35. The minimum Gasteiger partial charge on any atom is -0.399 e. The van der Waals surface area contributed by atoms with Gasteiger partial charge in [0.1, 0.15) is 0 Å². The molecule has 0 aliphatic carbocycles. The van der Waals surface area contributed by atoms with Crippen LogP contribution in [0.5, 0.6) is 0 Å². The molecule has 1 heterocycles. The summed E-state index contributed by atoms with van der Waals surface area (Å²) in [6.45, 7) is 0. The number of primary amides is 1. The van der Waals surface area contributed by atoms with Crippen molar-refractivity contribution >= 4 is 28.1 Å². The fourth-order valence-electron chi connectivity index (χ4n) is 2.05. The summed E-state index contributed by atoms with van der Waals surface area (Å²) in [4.78, 5) is 11.3. The van der Waals surface area contributed by atoms with E-state index in [-0.39, 0.29) is 6.04 Å². The summed E-state index contributed by atoms with van der Waals surface area (Å²) in [6.07, 6.45) is 1.67. The highest BCUT2D eigenvalue weighted by Crippen LogP contribution is 2.22. The molecular formula is C12H17N3O2S. The van der Waals surface area contributed by atoms with Crippen LogP contribution in [0, 0.1) is 0 Å². The summed E-state index contributed by atoms with van der Waals surface area (Å²) in [5.41, 5.74) is 12.7. The maximum atomic E-state index is 11.3. The lowest BCUT2D eigenvalue weighted by Gasteiger charge is -2.24. The Morgan fingerprint density at radius 2 is 2.00 bits per heavy atom.